The predicted molar refractivity (Wildman–Crippen MR) is 66.6 cm³/mol. The minimum atomic E-state index is -3.05. The van der Waals surface area contributed by atoms with Gasteiger partial charge in [0, 0.05) is 18.6 Å². The molecule has 0 aliphatic carbocycles. The Bertz CT molecular complexity index is 319. The summed E-state index contributed by atoms with van der Waals surface area (Å²) in [6.45, 7) is 7.15. The van der Waals surface area contributed by atoms with E-state index in [0.717, 1.165) is 19.3 Å². The summed E-state index contributed by atoms with van der Waals surface area (Å²) in [6.07, 6.45) is 2.64. The van der Waals surface area contributed by atoms with Gasteiger partial charge in [0.1, 0.15) is 0 Å². The molecule has 0 saturated carbocycles. The molecule has 0 amide bonds. The van der Waals surface area contributed by atoms with Crippen molar-refractivity contribution >= 4 is 10.0 Å². The van der Waals surface area contributed by atoms with E-state index in [9.17, 15) is 8.42 Å². The quantitative estimate of drug-likeness (QED) is 0.767. The van der Waals surface area contributed by atoms with Crippen molar-refractivity contribution in [1.82, 2.24) is 4.31 Å². The molecule has 96 valence electrons. The first-order valence-electron chi connectivity index (χ1n) is 6.06. The molecule has 1 saturated heterocycles. The lowest BCUT2D eigenvalue weighted by Crippen LogP contribution is -2.68. The molecule has 1 fully saturated rings. The summed E-state index contributed by atoms with van der Waals surface area (Å²) < 4.78 is 25.3. The maximum absolute atomic E-state index is 11.9. The highest BCUT2D eigenvalue weighted by Gasteiger charge is 2.44. The normalized spacial score (nSPS) is 21.1. The summed E-state index contributed by atoms with van der Waals surface area (Å²) in [6, 6.07) is 0. The zero-order valence-corrected chi connectivity index (χ0v) is 11.4. The first-order chi connectivity index (χ1) is 7.29. The molecule has 0 atom stereocenters. The molecule has 0 bridgehead atoms. The Hall–Kier alpha value is -0.130. The van der Waals surface area contributed by atoms with Gasteiger partial charge in [-0.25, -0.2) is 8.42 Å². The smallest absolute Gasteiger partial charge is 0.214 e. The predicted octanol–water partition coefficient (Wildman–Crippen LogP) is 1.18. The highest BCUT2D eigenvalue weighted by Crippen LogP contribution is 2.26. The standard InChI is InChI=1S/C11H24N2O2S/c1-4-6-11(12)8-13(9-11)16(14,15)7-5-10(2)3/h10H,4-9,12H2,1-3H3. The van der Waals surface area contributed by atoms with Gasteiger partial charge in [0.25, 0.3) is 0 Å². The van der Waals surface area contributed by atoms with Crippen LogP contribution in [-0.4, -0.2) is 37.1 Å². The van der Waals surface area contributed by atoms with E-state index in [1.165, 1.54) is 4.31 Å². The number of hydrogen-bond donors (Lipinski definition) is 1. The van der Waals surface area contributed by atoms with Gasteiger partial charge in [-0.3, -0.25) is 0 Å². The molecule has 1 aliphatic rings. The monoisotopic (exact) mass is 248 g/mol. The van der Waals surface area contributed by atoms with Crippen molar-refractivity contribution in [1.29, 1.82) is 0 Å². The van der Waals surface area contributed by atoms with Crippen molar-refractivity contribution in [2.24, 2.45) is 11.7 Å². The Kier molecular flexibility index (Phi) is 4.37. The second-order valence-electron chi connectivity index (χ2n) is 5.38. The van der Waals surface area contributed by atoms with Crippen LogP contribution in [0.1, 0.15) is 40.0 Å². The van der Waals surface area contributed by atoms with Crippen molar-refractivity contribution in [3.05, 3.63) is 0 Å². The lowest BCUT2D eigenvalue weighted by Gasteiger charge is -2.46. The Morgan fingerprint density at radius 2 is 1.94 bits per heavy atom. The van der Waals surface area contributed by atoms with Crippen LogP contribution in [0.2, 0.25) is 0 Å². The summed E-state index contributed by atoms with van der Waals surface area (Å²) >= 11 is 0. The van der Waals surface area contributed by atoms with Gasteiger partial charge in [-0.05, 0) is 18.8 Å². The minimum absolute atomic E-state index is 0.257. The molecule has 0 unspecified atom stereocenters. The maximum Gasteiger partial charge on any atom is 0.214 e. The Morgan fingerprint density at radius 1 is 1.38 bits per heavy atom. The van der Waals surface area contributed by atoms with Gasteiger partial charge >= 0.3 is 0 Å². The third-order valence-electron chi connectivity index (χ3n) is 3.08. The third kappa shape index (κ3) is 3.43. The fourth-order valence-electron chi connectivity index (χ4n) is 2.02. The van der Waals surface area contributed by atoms with E-state index >= 15 is 0 Å². The molecule has 1 heterocycles. The average Bonchev–Trinajstić information content (AvgIpc) is 2.11. The molecule has 0 radical (unpaired) electrons. The number of nitrogens with two attached hydrogens (primary N) is 1. The van der Waals surface area contributed by atoms with E-state index < -0.39 is 10.0 Å². The van der Waals surface area contributed by atoms with Crippen LogP contribution in [0, 0.1) is 5.92 Å². The Labute approximate surface area is 99.2 Å². The third-order valence-corrected chi connectivity index (χ3v) is 4.87. The fourth-order valence-corrected chi connectivity index (χ4v) is 3.96. The molecule has 0 aromatic carbocycles. The van der Waals surface area contributed by atoms with Crippen LogP contribution in [0.15, 0.2) is 0 Å². The van der Waals surface area contributed by atoms with Crippen LogP contribution >= 0.6 is 0 Å². The molecule has 1 rings (SSSR count). The highest BCUT2D eigenvalue weighted by atomic mass is 32.2. The van der Waals surface area contributed by atoms with Gasteiger partial charge in [-0.2, -0.15) is 4.31 Å². The zero-order chi connectivity index (χ0) is 12.4. The molecule has 2 N–H and O–H groups in total. The molecule has 0 aromatic heterocycles. The maximum atomic E-state index is 11.9. The Morgan fingerprint density at radius 3 is 2.38 bits per heavy atom. The van der Waals surface area contributed by atoms with E-state index in [1.807, 2.05) is 13.8 Å². The van der Waals surface area contributed by atoms with Gasteiger partial charge in [0.15, 0.2) is 0 Å². The van der Waals surface area contributed by atoms with Crippen LogP contribution in [0.3, 0.4) is 0 Å². The van der Waals surface area contributed by atoms with Crippen molar-refractivity contribution < 1.29 is 8.42 Å². The van der Waals surface area contributed by atoms with E-state index in [0.29, 0.717) is 19.0 Å². The van der Waals surface area contributed by atoms with E-state index in [1.54, 1.807) is 0 Å². The van der Waals surface area contributed by atoms with Gasteiger partial charge in [-0.1, -0.05) is 27.2 Å². The molecule has 16 heavy (non-hydrogen) atoms. The topological polar surface area (TPSA) is 63.4 Å². The molecule has 0 aromatic rings. The van der Waals surface area contributed by atoms with E-state index in [2.05, 4.69) is 6.92 Å². The summed E-state index contributed by atoms with van der Waals surface area (Å²) in [5, 5.41) is 0. The van der Waals surface area contributed by atoms with Gasteiger partial charge in [0.2, 0.25) is 10.0 Å². The zero-order valence-electron chi connectivity index (χ0n) is 10.6. The minimum Gasteiger partial charge on any atom is -0.323 e. The number of hydrogen-bond acceptors (Lipinski definition) is 3. The lowest BCUT2D eigenvalue weighted by atomic mass is 9.89. The second kappa shape index (κ2) is 5.02. The summed E-state index contributed by atoms with van der Waals surface area (Å²) in [7, 11) is -3.05. The number of sulfonamides is 1. The SMILES string of the molecule is CCCC1(N)CN(S(=O)(=O)CCC(C)C)C1. The molecule has 5 heteroatoms. The number of rotatable bonds is 6. The van der Waals surface area contributed by atoms with E-state index in [-0.39, 0.29) is 11.3 Å². The fraction of sp³-hybridized carbons (Fsp3) is 1.00. The van der Waals surface area contributed by atoms with Crippen LogP contribution in [0.25, 0.3) is 0 Å². The van der Waals surface area contributed by atoms with Crippen LogP contribution in [-0.2, 0) is 10.0 Å². The molecule has 0 spiro atoms. The van der Waals surface area contributed by atoms with Gasteiger partial charge in [-0.15, -0.1) is 0 Å². The summed E-state index contributed by atoms with van der Waals surface area (Å²) in [4.78, 5) is 0. The molecule has 4 nitrogen and oxygen atoms in total. The van der Waals surface area contributed by atoms with Crippen molar-refractivity contribution in [3.8, 4) is 0 Å². The highest BCUT2D eigenvalue weighted by molar-refractivity contribution is 7.89. The first-order valence-corrected chi connectivity index (χ1v) is 7.67. The average molecular weight is 248 g/mol. The largest absolute Gasteiger partial charge is 0.323 e. The number of nitrogens with zero attached hydrogens (tertiary/aromatic N) is 1. The van der Waals surface area contributed by atoms with Gasteiger partial charge < -0.3 is 5.73 Å². The van der Waals surface area contributed by atoms with Crippen LogP contribution in [0.4, 0.5) is 0 Å². The van der Waals surface area contributed by atoms with E-state index in [4.69, 9.17) is 5.73 Å². The summed E-state index contributed by atoms with van der Waals surface area (Å²) in [5.41, 5.74) is 5.79. The van der Waals surface area contributed by atoms with Crippen molar-refractivity contribution in [2.75, 3.05) is 18.8 Å². The lowest BCUT2D eigenvalue weighted by molar-refractivity contribution is 0.147. The molecular weight excluding hydrogens is 224 g/mol. The first kappa shape index (κ1) is 13.9. The second-order valence-corrected chi connectivity index (χ2v) is 7.47. The van der Waals surface area contributed by atoms with Crippen molar-refractivity contribution in [2.45, 2.75) is 45.6 Å². The van der Waals surface area contributed by atoms with Crippen LogP contribution in [0.5, 0.6) is 0 Å². The molecular formula is C11H24N2O2S. The van der Waals surface area contributed by atoms with Crippen LogP contribution < -0.4 is 5.73 Å². The van der Waals surface area contributed by atoms with Gasteiger partial charge in [0.05, 0.1) is 5.75 Å². The Balaban J connectivity index is 2.44. The van der Waals surface area contributed by atoms with Crippen molar-refractivity contribution in [3.63, 3.8) is 0 Å². The summed E-state index contributed by atoms with van der Waals surface area (Å²) in [5.74, 6) is 0.682. The molecule has 1 aliphatic heterocycles.